The highest BCUT2D eigenvalue weighted by Gasteiger charge is 2.19. The second-order valence-electron chi connectivity index (χ2n) is 2.36. The molecule has 0 bridgehead atoms. The van der Waals surface area contributed by atoms with Crippen LogP contribution >= 0.6 is 0 Å². The van der Waals surface area contributed by atoms with Crippen LogP contribution in [0.5, 0.6) is 0 Å². The first kappa shape index (κ1) is 6.05. The highest BCUT2D eigenvalue weighted by Crippen LogP contribution is 2.15. The minimum Gasteiger partial charge on any atom is -0.393 e. The largest absolute Gasteiger partial charge is 0.393 e. The van der Waals surface area contributed by atoms with E-state index in [1.165, 1.54) is 0 Å². The van der Waals surface area contributed by atoms with Crippen molar-refractivity contribution >= 4 is 0 Å². The van der Waals surface area contributed by atoms with Gasteiger partial charge < -0.3 is 9.84 Å². The smallest absolute Gasteiger partial charge is 0.0563 e. The molecule has 1 aliphatic rings. The molecule has 2 atom stereocenters. The molecule has 0 aromatic rings. The average molecular weight is 116 g/mol. The molecule has 0 aliphatic carbocycles. The zero-order chi connectivity index (χ0) is 5.98. The molecule has 1 aliphatic heterocycles. The molecule has 0 amide bonds. The van der Waals surface area contributed by atoms with Crippen LogP contribution in [0.15, 0.2) is 0 Å². The van der Waals surface area contributed by atoms with E-state index in [-0.39, 0.29) is 6.10 Å². The summed E-state index contributed by atoms with van der Waals surface area (Å²) in [6.07, 6.45) is 0.843. The summed E-state index contributed by atoms with van der Waals surface area (Å²) in [4.78, 5) is 0. The number of hydrogen-bond donors (Lipinski definition) is 1. The standard InChI is InChI=1S/C6H12O2/c1-5(7)6-2-3-8-4-6/h5-7H,2-4H2,1H3/t5-,6?/m1/s1. The lowest BCUT2D eigenvalue weighted by molar-refractivity contribution is 0.106. The Labute approximate surface area is 49.5 Å². The van der Waals surface area contributed by atoms with E-state index in [1.54, 1.807) is 0 Å². The lowest BCUT2D eigenvalue weighted by Crippen LogP contribution is -2.15. The Morgan fingerprint density at radius 2 is 2.50 bits per heavy atom. The fourth-order valence-corrected chi connectivity index (χ4v) is 0.933. The fourth-order valence-electron chi connectivity index (χ4n) is 0.933. The Balaban J connectivity index is 2.24. The van der Waals surface area contributed by atoms with Crippen molar-refractivity contribution < 1.29 is 9.84 Å². The van der Waals surface area contributed by atoms with Gasteiger partial charge in [0.15, 0.2) is 0 Å². The van der Waals surface area contributed by atoms with Gasteiger partial charge in [0.05, 0.1) is 12.7 Å². The van der Waals surface area contributed by atoms with Crippen LogP contribution in [0.2, 0.25) is 0 Å². The molecule has 1 saturated heterocycles. The van der Waals surface area contributed by atoms with Gasteiger partial charge in [0.1, 0.15) is 0 Å². The van der Waals surface area contributed by atoms with Crippen LogP contribution in [0.3, 0.4) is 0 Å². The number of ether oxygens (including phenoxy) is 1. The van der Waals surface area contributed by atoms with E-state index >= 15 is 0 Å². The molecule has 0 spiro atoms. The monoisotopic (exact) mass is 116 g/mol. The summed E-state index contributed by atoms with van der Waals surface area (Å²) in [6, 6.07) is 0. The third-order valence-electron chi connectivity index (χ3n) is 1.65. The number of rotatable bonds is 1. The van der Waals surface area contributed by atoms with Crippen LogP contribution in [-0.4, -0.2) is 24.4 Å². The van der Waals surface area contributed by atoms with Gasteiger partial charge in [0.2, 0.25) is 0 Å². The molecule has 1 unspecified atom stereocenters. The first-order valence-electron chi connectivity index (χ1n) is 3.06. The number of aliphatic hydroxyl groups is 1. The maximum atomic E-state index is 8.97. The van der Waals surface area contributed by atoms with Gasteiger partial charge in [-0.2, -0.15) is 0 Å². The molecule has 1 fully saturated rings. The Kier molecular flexibility index (Phi) is 1.86. The second-order valence-corrected chi connectivity index (χ2v) is 2.36. The highest BCUT2D eigenvalue weighted by atomic mass is 16.5. The van der Waals surface area contributed by atoms with Crippen LogP contribution in [0.25, 0.3) is 0 Å². The molecular formula is C6H12O2. The first-order valence-corrected chi connectivity index (χ1v) is 3.06. The van der Waals surface area contributed by atoms with Crippen LogP contribution in [0.4, 0.5) is 0 Å². The van der Waals surface area contributed by atoms with Gasteiger partial charge >= 0.3 is 0 Å². The fraction of sp³-hybridized carbons (Fsp3) is 1.00. The molecule has 0 radical (unpaired) electrons. The molecule has 0 aromatic heterocycles. The molecule has 2 heteroatoms. The van der Waals surface area contributed by atoms with Gasteiger partial charge in [-0.3, -0.25) is 0 Å². The van der Waals surface area contributed by atoms with Gasteiger partial charge in [-0.25, -0.2) is 0 Å². The summed E-state index contributed by atoms with van der Waals surface area (Å²) in [6.45, 7) is 3.40. The van der Waals surface area contributed by atoms with Crippen molar-refractivity contribution in [3.63, 3.8) is 0 Å². The van der Waals surface area contributed by atoms with Crippen LogP contribution in [0, 0.1) is 5.92 Å². The molecule has 48 valence electrons. The SMILES string of the molecule is C[C@@H](O)C1CCOC1. The predicted molar refractivity (Wildman–Crippen MR) is 30.6 cm³/mol. The summed E-state index contributed by atoms with van der Waals surface area (Å²) in [5, 5.41) is 8.97. The van der Waals surface area contributed by atoms with Gasteiger partial charge in [0.25, 0.3) is 0 Å². The van der Waals surface area contributed by atoms with E-state index in [4.69, 9.17) is 9.84 Å². The molecule has 1 N–H and O–H groups in total. The van der Waals surface area contributed by atoms with E-state index in [0.717, 1.165) is 19.6 Å². The minimum atomic E-state index is -0.183. The number of aliphatic hydroxyl groups excluding tert-OH is 1. The van der Waals surface area contributed by atoms with Crippen molar-refractivity contribution in [2.24, 2.45) is 5.92 Å². The summed E-state index contributed by atoms with van der Waals surface area (Å²) in [7, 11) is 0. The van der Waals surface area contributed by atoms with E-state index in [0.29, 0.717) is 5.92 Å². The van der Waals surface area contributed by atoms with Crippen molar-refractivity contribution in [3.8, 4) is 0 Å². The second kappa shape index (κ2) is 2.46. The van der Waals surface area contributed by atoms with Crippen molar-refractivity contribution in [2.45, 2.75) is 19.4 Å². The van der Waals surface area contributed by atoms with E-state index in [1.807, 2.05) is 6.92 Å². The molecule has 0 saturated carbocycles. The lowest BCUT2D eigenvalue weighted by Gasteiger charge is -2.08. The normalized spacial score (nSPS) is 33.0. The molecule has 1 rings (SSSR count). The first-order chi connectivity index (χ1) is 3.80. The lowest BCUT2D eigenvalue weighted by atomic mass is 10.0. The molecular weight excluding hydrogens is 104 g/mol. The van der Waals surface area contributed by atoms with Gasteiger partial charge in [-0.1, -0.05) is 0 Å². The third kappa shape index (κ3) is 1.20. The van der Waals surface area contributed by atoms with Crippen molar-refractivity contribution in [2.75, 3.05) is 13.2 Å². The average Bonchev–Trinajstić information content (AvgIpc) is 2.12. The van der Waals surface area contributed by atoms with Crippen molar-refractivity contribution in [1.29, 1.82) is 0 Å². The summed E-state index contributed by atoms with van der Waals surface area (Å²) >= 11 is 0. The Morgan fingerprint density at radius 1 is 1.75 bits per heavy atom. The molecule has 1 heterocycles. The van der Waals surface area contributed by atoms with Crippen LogP contribution < -0.4 is 0 Å². The van der Waals surface area contributed by atoms with Crippen molar-refractivity contribution in [1.82, 2.24) is 0 Å². The molecule has 0 aromatic carbocycles. The van der Waals surface area contributed by atoms with Crippen LogP contribution in [-0.2, 0) is 4.74 Å². The quantitative estimate of drug-likeness (QED) is 0.537. The third-order valence-corrected chi connectivity index (χ3v) is 1.65. The highest BCUT2D eigenvalue weighted by molar-refractivity contribution is 4.68. The van der Waals surface area contributed by atoms with Gasteiger partial charge in [-0.05, 0) is 13.3 Å². The summed E-state index contributed by atoms with van der Waals surface area (Å²) < 4.78 is 5.06. The van der Waals surface area contributed by atoms with E-state index in [2.05, 4.69) is 0 Å². The minimum absolute atomic E-state index is 0.183. The maximum absolute atomic E-state index is 8.97. The molecule has 2 nitrogen and oxygen atoms in total. The van der Waals surface area contributed by atoms with Crippen LogP contribution in [0.1, 0.15) is 13.3 Å². The number of hydrogen-bond acceptors (Lipinski definition) is 2. The van der Waals surface area contributed by atoms with Gasteiger partial charge in [0, 0.05) is 12.5 Å². The zero-order valence-electron chi connectivity index (χ0n) is 5.13. The Hall–Kier alpha value is -0.0800. The Bertz CT molecular complexity index is 64.9. The summed E-state index contributed by atoms with van der Waals surface area (Å²) in [5.74, 6) is 0.398. The molecule has 8 heavy (non-hydrogen) atoms. The van der Waals surface area contributed by atoms with E-state index < -0.39 is 0 Å². The Morgan fingerprint density at radius 3 is 2.75 bits per heavy atom. The van der Waals surface area contributed by atoms with E-state index in [9.17, 15) is 0 Å². The zero-order valence-corrected chi connectivity index (χ0v) is 5.13. The van der Waals surface area contributed by atoms with Gasteiger partial charge in [-0.15, -0.1) is 0 Å². The summed E-state index contributed by atoms with van der Waals surface area (Å²) in [5.41, 5.74) is 0. The van der Waals surface area contributed by atoms with Crippen molar-refractivity contribution in [3.05, 3.63) is 0 Å². The predicted octanol–water partition coefficient (Wildman–Crippen LogP) is 0.404. The topological polar surface area (TPSA) is 29.5 Å². The maximum Gasteiger partial charge on any atom is 0.0563 e.